The molecule has 3 N–H and O–H groups in total. The van der Waals surface area contributed by atoms with Crippen LogP contribution in [-0.4, -0.2) is 22.1 Å². The number of ether oxygens (including phenoxy) is 1. The summed E-state index contributed by atoms with van der Waals surface area (Å²) >= 11 is 0. The van der Waals surface area contributed by atoms with Gasteiger partial charge in [-0.15, -0.1) is 0 Å². The smallest absolute Gasteiger partial charge is 0.137 e. The number of nitrogens with two attached hydrogens (primary N) is 1. The highest BCUT2D eigenvalue weighted by Gasteiger charge is 2.12. The van der Waals surface area contributed by atoms with Crippen molar-refractivity contribution in [3.05, 3.63) is 61.1 Å². The van der Waals surface area contributed by atoms with Crippen molar-refractivity contribution in [1.82, 2.24) is 15.0 Å². The van der Waals surface area contributed by atoms with E-state index in [1.165, 1.54) is 0 Å². The van der Waals surface area contributed by atoms with Crippen LogP contribution in [0.5, 0.6) is 5.75 Å². The van der Waals surface area contributed by atoms with Gasteiger partial charge in [0.05, 0.1) is 7.11 Å². The Morgan fingerprint density at radius 2 is 1.88 bits per heavy atom. The van der Waals surface area contributed by atoms with Crippen molar-refractivity contribution < 1.29 is 4.74 Å². The van der Waals surface area contributed by atoms with E-state index in [1.807, 2.05) is 48.8 Å². The Balaban J connectivity index is 1.91. The zero-order valence-electron chi connectivity index (χ0n) is 13.2. The van der Waals surface area contributed by atoms with Crippen LogP contribution in [0.4, 0.5) is 5.82 Å². The third kappa shape index (κ3) is 2.36. The summed E-state index contributed by atoms with van der Waals surface area (Å²) < 4.78 is 5.49. The maximum atomic E-state index is 5.79. The number of hydrogen-bond donors (Lipinski definition) is 2. The summed E-state index contributed by atoms with van der Waals surface area (Å²) in [7, 11) is 1.68. The second-order valence-electron chi connectivity index (χ2n) is 5.49. The lowest BCUT2D eigenvalue weighted by Gasteiger charge is -2.08. The molecule has 0 saturated carbocycles. The molecule has 0 atom stereocenters. The lowest BCUT2D eigenvalue weighted by molar-refractivity contribution is 0.416. The van der Waals surface area contributed by atoms with E-state index < -0.39 is 0 Å². The molecule has 4 aromatic rings. The maximum absolute atomic E-state index is 5.79. The van der Waals surface area contributed by atoms with Gasteiger partial charge < -0.3 is 15.5 Å². The first kappa shape index (κ1) is 14.3. The average Bonchev–Trinajstić information content (AvgIpc) is 3.04. The van der Waals surface area contributed by atoms with Gasteiger partial charge in [-0.3, -0.25) is 0 Å². The van der Waals surface area contributed by atoms with Gasteiger partial charge in [-0.2, -0.15) is 0 Å². The third-order valence-corrected chi connectivity index (χ3v) is 4.04. The second-order valence-corrected chi connectivity index (χ2v) is 5.49. The van der Waals surface area contributed by atoms with Crippen molar-refractivity contribution in [1.29, 1.82) is 0 Å². The van der Waals surface area contributed by atoms with Crippen molar-refractivity contribution in [3.63, 3.8) is 0 Å². The third-order valence-electron chi connectivity index (χ3n) is 4.04. The minimum Gasteiger partial charge on any atom is -0.496 e. The summed E-state index contributed by atoms with van der Waals surface area (Å²) in [4.78, 5) is 11.8. The van der Waals surface area contributed by atoms with Gasteiger partial charge in [0.1, 0.15) is 17.2 Å². The quantitative estimate of drug-likeness (QED) is 0.601. The first-order valence-electron chi connectivity index (χ1n) is 7.58. The summed E-state index contributed by atoms with van der Waals surface area (Å²) in [6.45, 7) is 0. The van der Waals surface area contributed by atoms with Crippen LogP contribution in [0.25, 0.3) is 33.3 Å². The van der Waals surface area contributed by atoms with Gasteiger partial charge in [-0.05, 0) is 29.8 Å². The molecule has 118 valence electrons. The molecule has 3 aromatic heterocycles. The Labute approximate surface area is 139 Å². The molecule has 24 heavy (non-hydrogen) atoms. The first-order chi connectivity index (χ1) is 11.8. The fourth-order valence-electron chi connectivity index (χ4n) is 2.88. The highest BCUT2D eigenvalue weighted by molar-refractivity contribution is 5.97. The molecule has 0 amide bonds. The Bertz CT molecular complexity index is 1020. The molecule has 0 aliphatic carbocycles. The largest absolute Gasteiger partial charge is 0.496 e. The van der Waals surface area contributed by atoms with E-state index in [4.69, 9.17) is 10.5 Å². The van der Waals surface area contributed by atoms with Gasteiger partial charge in [-0.25, -0.2) is 9.97 Å². The number of nitrogens with one attached hydrogen (secondary N) is 1. The molecule has 0 fully saturated rings. The van der Waals surface area contributed by atoms with Gasteiger partial charge >= 0.3 is 0 Å². The highest BCUT2D eigenvalue weighted by atomic mass is 16.5. The molecule has 5 nitrogen and oxygen atoms in total. The number of para-hydroxylation sites is 1. The molecular weight excluding hydrogens is 300 g/mol. The minimum absolute atomic E-state index is 0.492. The fraction of sp³-hybridized carbons (Fsp3) is 0.0526. The standard InChI is InChI=1S/C19H16N4O/c1-24-17-5-3-2-4-14(17)16-11-23-19-15(16)8-13(10-22-19)12-6-7-21-18(20)9-12/h2-11H,1H3,(H2,20,21)(H,22,23). The molecule has 0 saturated heterocycles. The predicted octanol–water partition coefficient (Wildman–Crippen LogP) is 3.88. The van der Waals surface area contributed by atoms with Gasteiger partial charge in [0, 0.05) is 40.7 Å². The number of nitrogens with zero attached hydrogens (tertiary/aromatic N) is 2. The number of methoxy groups -OCH3 is 1. The number of nitrogen functional groups attached to an aromatic ring is 1. The lowest BCUT2D eigenvalue weighted by Crippen LogP contribution is -1.90. The van der Waals surface area contributed by atoms with Crippen LogP contribution in [0.1, 0.15) is 0 Å². The lowest BCUT2D eigenvalue weighted by atomic mass is 10.0. The normalized spacial score (nSPS) is 10.9. The number of aromatic nitrogens is 3. The molecule has 4 rings (SSSR count). The molecule has 1 aromatic carbocycles. The molecule has 0 bridgehead atoms. The van der Waals surface area contributed by atoms with Crippen molar-refractivity contribution in [3.8, 4) is 28.0 Å². The summed E-state index contributed by atoms with van der Waals surface area (Å²) in [6, 6.07) is 13.8. The Kier molecular flexibility index (Phi) is 3.39. The SMILES string of the molecule is COc1ccccc1-c1c[nH]c2ncc(-c3ccnc(N)c3)cc12. The van der Waals surface area contributed by atoms with Crippen molar-refractivity contribution in [2.75, 3.05) is 12.8 Å². The number of fused-ring (bicyclic) bond motifs is 1. The first-order valence-corrected chi connectivity index (χ1v) is 7.58. The van der Waals surface area contributed by atoms with Crippen molar-refractivity contribution >= 4 is 16.9 Å². The summed E-state index contributed by atoms with van der Waals surface area (Å²) in [6.07, 6.45) is 5.49. The van der Waals surface area contributed by atoms with Crippen LogP contribution in [-0.2, 0) is 0 Å². The molecule has 0 aliphatic heterocycles. The van der Waals surface area contributed by atoms with E-state index >= 15 is 0 Å². The number of anilines is 1. The highest BCUT2D eigenvalue weighted by Crippen LogP contribution is 2.35. The molecule has 0 unspecified atom stereocenters. The predicted molar refractivity (Wildman–Crippen MR) is 95.7 cm³/mol. The van der Waals surface area contributed by atoms with Crippen LogP contribution < -0.4 is 10.5 Å². The zero-order valence-corrected chi connectivity index (χ0v) is 13.2. The van der Waals surface area contributed by atoms with E-state index in [9.17, 15) is 0 Å². The summed E-state index contributed by atoms with van der Waals surface area (Å²) in [5.74, 6) is 1.32. The molecule has 0 radical (unpaired) electrons. The minimum atomic E-state index is 0.492. The topological polar surface area (TPSA) is 76.8 Å². The fourth-order valence-corrected chi connectivity index (χ4v) is 2.88. The van der Waals surface area contributed by atoms with E-state index in [0.29, 0.717) is 5.82 Å². The van der Waals surface area contributed by atoms with E-state index in [0.717, 1.165) is 39.0 Å². The van der Waals surface area contributed by atoms with Crippen LogP contribution in [0.3, 0.4) is 0 Å². The molecule has 3 heterocycles. The molecular formula is C19H16N4O. The molecule has 0 spiro atoms. The van der Waals surface area contributed by atoms with Gasteiger partial charge in [0.15, 0.2) is 0 Å². The monoisotopic (exact) mass is 316 g/mol. The van der Waals surface area contributed by atoms with E-state index in [1.54, 1.807) is 13.3 Å². The van der Waals surface area contributed by atoms with Crippen LogP contribution >= 0.6 is 0 Å². The number of H-pyrrole nitrogens is 1. The van der Waals surface area contributed by atoms with Crippen LogP contribution in [0.15, 0.2) is 61.1 Å². The summed E-state index contributed by atoms with van der Waals surface area (Å²) in [5, 5.41) is 1.03. The molecule has 0 aliphatic rings. The van der Waals surface area contributed by atoms with Crippen LogP contribution in [0, 0.1) is 0 Å². The van der Waals surface area contributed by atoms with Crippen LogP contribution in [0.2, 0.25) is 0 Å². The van der Waals surface area contributed by atoms with E-state index in [-0.39, 0.29) is 0 Å². The van der Waals surface area contributed by atoms with E-state index in [2.05, 4.69) is 21.0 Å². The number of pyridine rings is 2. The number of hydrogen-bond acceptors (Lipinski definition) is 4. The maximum Gasteiger partial charge on any atom is 0.137 e. The second kappa shape index (κ2) is 5.70. The van der Waals surface area contributed by atoms with Crippen molar-refractivity contribution in [2.45, 2.75) is 0 Å². The number of aromatic amines is 1. The molecule has 5 heteroatoms. The summed E-state index contributed by atoms with van der Waals surface area (Å²) in [5.41, 5.74) is 10.7. The average molecular weight is 316 g/mol. The Morgan fingerprint density at radius 3 is 2.71 bits per heavy atom. The van der Waals surface area contributed by atoms with Gasteiger partial charge in [0.25, 0.3) is 0 Å². The van der Waals surface area contributed by atoms with Gasteiger partial charge in [0.2, 0.25) is 0 Å². The van der Waals surface area contributed by atoms with Crippen molar-refractivity contribution in [2.24, 2.45) is 0 Å². The Morgan fingerprint density at radius 1 is 1.00 bits per heavy atom. The number of benzene rings is 1. The van der Waals surface area contributed by atoms with Gasteiger partial charge in [-0.1, -0.05) is 18.2 Å². The number of rotatable bonds is 3. The Hall–Kier alpha value is -3.34. The zero-order chi connectivity index (χ0) is 16.5.